The molecule has 5 heteroatoms. The Labute approximate surface area is 131 Å². The highest BCUT2D eigenvalue weighted by molar-refractivity contribution is 9.10. The van der Waals surface area contributed by atoms with Crippen LogP contribution in [0.5, 0.6) is 5.75 Å². The number of anilines is 1. The van der Waals surface area contributed by atoms with Gasteiger partial charge in [-0.2, -0.15) is 0 Å². The quantitative estimate of drug-likeness (QED) is 0.842. The standard InChI is InChI=1S/C16H14BrNO3/c17-12-6-8-14(9-7-12)20-11-15-10-18(16(19)21-15)13-4-2-1-3-5-13/h1-9,15H,10-11H2/t15-/m0/s1. The Bertz CT molecular complexity index is 615. The second-order valence-corrected chi connectivity index (χ2v) is 5.63. The predicted octanol–water partition coefficient (Wildman–Crippen LogP) is 3.85. The number of halogens is 1. The number of hydrogen-bond donors (Lipinski definition) is 0. The van der Waals surface area contributed by atoms with E-state index >= 15 is 0 Å². The molecule has 2 aromatic rings. The first-order valence-electron chi connectivity index (χ1n) is 6.64. The maximum Gasteiger partial charge on any atom is 0.414 e. The lowest BCUT2D eigenvalue weighted by molar-refractivity contribution is 0.105. The highest BCUT2D eigenvalue weighted by atomic mass is 79.9. The fraction of sp³-hybridized carbons (Fsp3) is 0.188. The molecule has 3 rings (SSSR count). The van der Waals surface area contributed by atoms with Crippen molar-refractivity contribution in [2.45, 2.75) is 6.10 Å². The van der Waals surface area contributed by atoms with Gasteiger partial charge in [0.15, 0.2) is 6.10 Å². The Morgan fingerprint density at radius 3 is 2.57 bits per heavy atom. The molecule has 0 radical (unpaired) electrons. The molecule has 0 aliphatic carbocycles. The number of rotatable bonds is 4. The van der Waals surface area contributed by atoms with Crippen LogP contribution in [0.1, 0.15) is 0 Å². The van der Waals surface area contributed by atoms with Crippen molar-refractivity contribution in [1.82, 2.24) is 0 Å². The number of para-hydroxylation sites is 1. The summed E-state index contributed by atoms with van der Waals surface area (Å²) in [5.41, 5.74) is 0.841. The number of hydrogen-bond acceptors (Lipinski definition) is 3. The molecule has 21 heavy (non-hydrogen) atoms. The van der Waals surface area contributed by atoms with Crippen LogP contribution in [0.15, 0.2) is 59.1 Å². The highest BCUT2D eigenvalue weighted by Crippen LogP contribution is 2.22. The molecule has 108 valence electrons. The summed E-state index contributed by atoms with van der Waals surface area (Å²) in [6.07, 6.45) is -0.591. The molecule has 1 atom stereocenters. The van der Waals surface area contributed by atoms with Gasteiger partial charge in [0, 0.05) is 10.2 Å². The van der Waals surface area contributed by atoms with E-state index in [1.807, 2.05) is 54.6 Å². The average Bonchev–Trinajstić information content (AvgIpc) is 2.89. The third-order valence-corrected chi connectivity index (χ3v) is 3.72. The van der Waals surface area contributed by atoms with Gasteiger partial charge in [0.05, 0.1) is 6.54 Å². The molecule has 4 nitrogen and oxygen atoms in total. The summed E-state index contributed by atoms with van der Waals surface area (Å²) in [5, 5.41) is 0. The van der Waals surface area contributed by atoms with Gasteiger partial charge in [-0.3, -0.25) is 4.90 Å². The van der Waals surface area contributed by atoms with Crippen LogP contribution in [-0.4, -0.2) is 25.3 Å². The summed E-state index contributed by atoms with van der Waals surface area (Å²) in [7, 11) is 0. The minimum absolute atomic E-state index is 0.263. The number of benzene rings is 2. The summed E-state index contributed by atoms with van der Waals surface area (Å²) in [5.74, 6) is 0.757. The number of ether oxygens (including phenoxy) is 2. The van der Waals surface area contributed by atoms with Crippen LogP contribution in [0, 0.1) is 0 Å². The third-order valence-electron chi connectivity index (χ3n) is 3.19. The molecule has 2 aromatic carbocycles. The van der Waals surface area contributed by atoms with E-state index in [4.69, 9.17) is 9.47 Å². The summed E-state index contributed by atoms with van der Waals surface area (Å²) in [6.45, 7) is 0.843. The largest absolute Gasteiger partial charge is 0.490 e. The summed E-state index contributed by atoms with van der Waals surface area (Å²) in [6, 6.07) is 17.0. The van der Waals surface area contributed by atoms with Gasteiger partial charge in [-0.1, -0.05) is 34.1 Å². The van der Waals surface area contributed by atoms with Crippen molar-refractivity contribution in [3.63, 3.8) is 0 Å². The molecule has 0 saturated carbocycles. The first-order chi connectivity index (χ1) is 10.2. The molecular formula is C16H14BrNO3. The molecule has 0 spiro atoms. The van der Waals surface area contributed by atoms with Crippen molar-refractivity contribution in [2.24, 2.45) is 0 Å². The van der Waals surface area contributed by atoms with Crippen molar-refractivity contribution in [2.75, 3.05) is 18.1 Å². The van der Waals surface area contributed by atoms with Crippen LogP contribution >= 0.6 is 15.9 Å². The lowest BCUT2D eigenvalue weighted by Gasteiger charge is -2.13. The molecule has 1 saturated heterocycles. The summed E-state index contributed by atoms with van der Waals surface area (Å²) >= 11 is 3.37. The van der Waals surface area contributed by atoms with Crippen LogP contribution in [-0.2, 0) is 4.74 Å². The van der Waals surface area contributed by atoms with Gasteiger partial charge in [-0.05, 0) is 36.4 Å². The normalized spacial score (nSPS) is 17.7. The van der Waals surface area contributed by atoms with Gasteiger partial charge in [0.1, 0.15) is 12.4 Å². The lowest BCUT2D eigenvalue weighted by atomic mass is 10.3. The zero-order chi connectivity index (χ0) is 14.7. The number of carbonyl (C=O) groups excluding carboxylic acids is 1. The van der Waals surface area contributed by atoms with Gasteiger partial charge in [0.2, 0.25) is 0 Å². The maximum atomic E-state index is 11.9. The average molecular weight is 348 g/mol. The minimum Gasteiger partial charge on any atom is -0.490 e. The fourth-order valence-corrected chi connectivity index (χ4v) is 2.41. The molecule has 1 amide bonds. The van der Waals surface area contributed by atoms with Gasteiger partial charge >= 0.3 is 6.09 Å². The van der Waals surface area contributed by atoms with E-state index in [1.54, 1.807) is 4.90 Å². The highest BCUT2D eigenvalue weighted by Gasteiger charge is 2.32. The van der Waals surface area contributed by atoms with E-state index in [0.717, 1.165) is 15.9 Å². The van der Waals surface area contributed by atoms with Crippen LogP contribution in [0.25, 0.3) is 0 Å². The first-order valence-corrected chi connectivity index (χ1v) is 7.43. The van der Waals surface area contributed by atoms with E-state index in [0.29, 0.717) is 13.2 Å². The zero-order valence-electron chi connectivity index (χ0n) is 11.2. The molecule has 0 aromatic heterocycles. The maximum absolute atomic E-state index is 11.9. The molecule has 0 unspecified atom stereocenters. The van der Waals surface area contributed by atoms with E-state index in [9.17, 15) is 4.79 Å². The van der Waals surface area contributed by atoms with Gasteiger partial charge in [-0.25, -0.2) is 4.79 Å². The molecule has 1 aliphatic heterocycles. The van der Waals surface area contributed by atoms with Gasteiger partial charge in [0.25, 0.3) is 0 Å². The molecule has 1 heterocycles. The summed E-state index contributed by atoms with van der Waals surface area (Å²) < 4.78 is 12.0. The van der Waals surface area contributed by atoms with Crippen molar-refractivity contribution >= 4 is 27.7 Å². The molecule has 1 fully saturated rings. The van der Waals surface area contributed by atoms with E-state index in [1.165, 1.54) is 0 Å². The van der Waals surface area contributed by atoms with Crippen LogP contribution in [0.4, 0.5) is 10.5 Å². The number of cyclic esters (lactones) is 1. The fourth-order valence-electron chi connectivity index (χ4n) is 2.15. The monoisotopic (exact) mass is 347 g/mol. The Hall–Kier alpha value is -2.01. The Kier molecular flexibility index (Phi) is 4.10. The third kappa shape index (κ3) is 3.36. The van der Waals surface area contributed by atoms with Crippen molar-refractivity contribution in [3.8, 4) is 5.75 Å². The SMILES string of the molecule is O=C1O[C@H](COc2ccc(Br)cc2)CN1c1ccccc1. The lowest BCUT2D eigenvalue weighted by Crippen LogP contribution is -2.26. The van der Waals surface area contributed by atoms with Gasteiger partial charge in [-0.15, -0.1) is 0 Å². The van der Waals surface area contributed by atoms with E-state index in [2.05, 4.69) is 15.9 Å². The first kappa shape index (κ1) is 13.9. The minimum atomic E-state index is -0.328. The van der Waals surface area contributed by atoms with Crippen LogP contribution in [0.3, 0.4) is 0 Å². The second-order valence-electron chi connectivity index (χ2n) is 4.72. The number of amides is 1. The van der Waals surface area contributed by atoms with Crippen molar-refractivity contribution < 1.29 is 14.3 Å². The van der Waals surface area contributed by atoms with Crippen LogP contribution in [0.2, 0.25) is 0 Å². The summed E-state index contributed by atoms with van der Waals surface area (Å²) in [4.78, 5) is 13.5. The number of nitrogens with zero attached hydrogens (tertiary/aromatic N) is 1. The van der Waals surface area contributed by atoms with Gasteiger partial charge < -0.3 is 9.47 Å². The Morgan fingerprint density at radius 1 is 1.14 bits per heavy atom. The smallest absolute Gasteiger partial charge is 0.414 e. The molecule has 0 bridgehead atoms. The van der Waals surface area contributed by atoms with Crippen molar-refractivity contribution in [1.29, 1.82) is 0 Å². The van der Waals surface area contributed by atoms with Crippen molar-refractivity contribution in [3.05, 3.63) is 59.1 Å². The molecule has 0 N–H and O–H groups in total. The zero-order valence-corrected chi connectivity index (χ0v) is 12.8. The molecular weight excluding hydrogens is 334 g/mol. The second kappa shape index (κ2) is 6.18. The molecule has 1 aliphatic rings. The topological polar surface area (TPSA) is 38.8 Å². The van der Waals surface area contributed by atoms with Crippen LogP contribution < -0.4 is 9.64 Å². The van der Waals surface area contributed by atoms with E-state index < -0.39 is 0 Å². The van der Waals surface area contributed by atoms with E-state index in [-0.39, 0.29) is 12.2 Å². The Morgan fingerprint density at radius 2 is 1.86 bits per heavy atom. The Balaban J connectivity index is 1.59. The predicted molar refractivity (Wildman–Crippen MR) is 83.7 cm³/mol. The number of carbonyl (C=O) groups is 1.